The fraction of sp³-hybridized carbons (Fsp3) is 0.212. The largest absolute Gasteiger partial charge is 0.359 e. The van der Waals surface area contributed by atoms with E-state index >= 15 is 0 Å². The lowest BCUT2D eigenvalue weighted by Crippen LogP contribution is -2.20. The minimum Gasteiger partial charge on any atom is -0.359 e. The molecule has 1 aliphatic carbocycles. The molecule has 206 valence electrons. The number of allylic oxidation sites excluding steroid dienone is 5. The van der Waals surface area contributed by atoms with Gasteiger partial charge in [-0.1, -0.05) is 50.6 Å². The van der Waals surface area contributed by atoms with E-state index in [1.54, 1.807) is 24.5 Å². The molecular formula is C33H32FN7. The van der Waals surface area contributed by atoms with Gasteiger partial charge in [0, 0.05) is 23.2 Å². The van der Waals surface area contributed by atoms with Gasteiger partial charge >= 0.3 is 0 Å². The number of imidazole rings is 1. The number of hydrogen-bond acceptors (Lipinski definition) is 5. The summed E-state index contributed by atoms with van der Waals surface area (Å²) in [6, 6.07) is 10.3. The minimum atomic E-state index is -0.290. The lowest BCUT2D eigenvalue weighted by Gasteiger charge is -2.25. The fourth-order valence-corrected chi connectivity index (χ4v) is 5.47. The highest BCUT2D eigenvalue weighted by atomic mass is 19.1. The zero-order valence-electron chi connectivity index (χ0n) is 23.0. The maximum atomic E-state index is 13.5. The summed E-state index contributed by atoms with van der Waals surface area (Å²) in [5, 5.41) is 11.1. The second-order valence-corrected chi connectivity index (χ2v) is 10.4. The molecule has 0 bridgehead atoms. The van der Waals surface area contributed by atoms with Crippen LogP contribution in [0.3, 0.4) is 0 Å². The average Bonchev–Trinajstić information content (AvgIpc) is 3.64. The average molecular weight is 546 g/mol. The monoisotopic (exact) mass is 545 g/mol. The summed E-state index contributed by atoms with van der Waals surface area (Å²) in [5.41, 5.74) is 8.91. The summed E-state index contributed by atoms with van der Waals surface area (Å²) in [7, 11) is 0. The zero-order chi connectivity index (χ0) is 28.3. The van der Waals surface area contributed by atoms with E-state index in [9.17, 15) is 4.39 Å². The number of fused-ring (bicyclic) bond motifs is 2. The van der Waals surface area contributed by atoms with Gasteiger partial charge in [0.15, 0.2) is 11.5 Å². The van der Waals surface area contributed by atoms with Crippen LogP contribution in [-0.4, -0.2) is 30.1 Å². The van der Waals surface area contributed by atoms with E-state index < -0.39 is 0 Å². The van der Waals surface area contributed by atoms with Gasteiger partial charge in [-0.05, 0) is 73.2 Å². The third-order valence-electron chi connectivity index (χ3n) is 7.72. The molecule has 1 aliphatic rings. The van der Waals surface area contributed by atoms with Crippen LogP contribution in [0.5, 0.6) is 0 Å². The van der Waals surface area contributed by atoms with Gasteiger partial charge in [-0.2, -0.15) is 5.10 Å². The lowest BCUT2D eigenvalue weighted by molar-refractivity contribution is 0.393. The van der Waals surface area contributed by atoms with Gasteiger partial charge < -0.3 is 10.3 Å². The highest BCUT2D eigenvalue weighted by Crippen LogP contribution is 2.32. The van der Waals surface area contributed by atoms with E-state index in [4.69, 9.17) is 9.97 Å². The first-order chi connectivity index (χ1) is 20.0. The predicted octanol–water partition coefficient (Wildman–Crippen LogP) is 7.86. The molecule has 0 saturated heterocycles. The summed E-state index contributed by atoms with van der Waals surface area (Å²) in [5.74, 6) is 0.774. The van der Waals surface area contributed by atoms with Crippen LogP contribution in [0.25, 0.3) is 50.3 Å². The van der Waals surface area contributed by atoms with E-state index in [0.717, 1.165) is 50.3 Å². The number of pyridine rings is 2. The number of hydrogen-bond donors (Lipinski definition) is 3. The maximum Gasteiger partial charge on any atom is 0.161 e. The van der Waals surface area contributed by atoms with Crippen molar-refractivity contribution in [3.05, 3.63) is 103 Å². The van der Waals surface area contributed by atoms with Crippen molar-refractivity contribution in [2.45, 2.75) is 39.0 Å². The van der Waals surface area contributed by atoms with E-state index in [-0.39, 0.29) is 5.82 Å². The molecular weight excluding hydrogens is 513 g/mol. The van der Waals surface area contributed by atoms with Crippen molar-refractivity contribution >= 4 is 27.6 Å². The van der Waals surface area contributed by atoms with Gasteiger partial charge in [0.1, 0.15) is 11.3 Å². The van der Waals surface area contributed by atoms with Crippen LogP contribution < -0.4 is 5.32 Å². The molecule has 41 heavy (non-hydrogen) atoms. The molecule has 1 saturated carbocycles. The number of benzene rings is 1. The second-order valence-electron chi connectivity index (χ2n) is 10.4. The summed E-state index contributed by atoms with van der Waals surface area (Å²) >= 11 is 0. The van der Waals surface area contributed by atoms with Crippen LogP contribution in [0.4, 0.5) is 4.39 Å². The van der Waals surface area contributed by atoms with Crippen molar-refractivity contribution in [3.8, 4) is 22.6 Å². The Morgan fingerprint density at radius 2 is 1.80 bits per heavy atom. The summed E-state index contributed by atoms with van der Waals surface area (Å²) in [4.78, 5) is 17.6. The van der Waals surface area contributed by atoms with Crippen molar-refractivity contribution in [1.29, 1.82) is 0 Å². The second kappa shape index (κ2) is 11.3. The minimum absolute atomic E-state index is 0.290. The van der Waals surface area contributed by atoms with Crippen LogP contribution in [0.15, 0.2) is 91.6 Å². The Morgan fingerprint density at radius 3 is 2.56 bits per heavy atom. The maximum absolute atomic E-state index is 13.5. The number of rotatable bonds is 8. The molecule has 4 aromatic heterocycles. The molecule has 0 amide bonds. The van der Waals surface area contributed by atoms with E-state index in [2.05, 4.69) is 44.7 Å². The molecule has 1 fully saturated rings. The van der Waals surface area contributed by atoms with E-state index in [1.807, 2.05) is 31.2 Å². The van der Waals surface area contributed by atoms with Gasteiger partial charge in [0.2, 0.25) is 0 Å². The van der Waals surface area contributed by atoms with Gasteiger partial charge in [0.25, 0.3) is 0 Å². The van der Waals surface area contributed by atoms with E-state index in [0.29, 0.717) is 23.0 Å². The number of nitrogens with one attached hydrogen (secondary N) is 3. The van der Waals surface area contributed by atoms with E-state index in [1.165, 1.54) is 44.2 Å². The fourth-order valence-electron chi connectivity index (χ4n) is 5.47. The van der Waals surface area contributed by atoms with Crippen LogP contribution in [0, 0.1) is 11.7 Å². The lowest BCUT2D eigenvalue weighted by atomic mass is 9.87. The number of aromatic nitrogens is 6. The topological polar surface area (TPSA) is 95.2 Å². The van der Waals surface area contributed by atoms with Crippen molar-refractivity contribution in [2.24, 2.45) is 5.92 Å². The molecule has 8 heteroatoms. The summed E-state index contributed by atoms with van der Waals surface area (Å²) in [6.45, 7) is 10.3. The van der Waals surface area contributed by atoms with Crippen LogP contribution in [0.1, 0.15) is 44.7 Å². The molecule has 3 N–H and O–H groups in total. The SMILES string of the molecule is C=C/C(=C\C(=C/C)c1ccc2[nH]nc(-c3nc4c(-c5ccc(F)cc5)cncc4[nH]3)c2n1)NC(=C)C1CCCCC1. The Hall–Kier alpha value is -4.85. The Labute approximate surface area is 238 Å². The molecule has 6 rings (SSSR count). The Kier molecular flexibility index (Phi) is 7.29. The van der Waals surface area contributed by atoms with Gasteiger partial charge in [-0.3, -0.25) is 10.1 Å². The molecule has 0 atom stereocenters. The molecule has 0 aliphatic heterocycles. The van der Waals surface area contributed by atoms with Crippen molar-refractivity contribution in [3.63, 3.8) is 0 Å². The molecule has 1 aromatic carbocycles. The first kappa shape index (κ1) is 26.4. The third-order valence-corrected chi connectivity index (χ3v) is 7.72. The molecule has 5 aromatic rings. The standard InChI is InChI=1S/C33H32FN7/c1-4-21(17-25(5-2)36-20(3)22-9-7-6-8-10-22)27-15-16-28-31(37-27)32(41-40-28)33-38-29-19-35-18-26(30(29)39-33)23-11-13-24(34)14-12-23/h4-5,11-19,22,36H,2-3,6-10H2,1H3,(H,38,39)(H,40,41)/b21-4+,25-17+. The van der Waals surface area contributed by atoms with Crippen molar-refractivity contribution < 1.29 is 4.39 Å². The zero-order valence-corrected chi connectivity index (χ0v) is 23.0. The number of aromatic amines is 2. The smallest absolute Gasteiger partial charge is 0.161 e. The highest BCUT2D eigenvalue weighted by molar-refractivity contribution is 5.95. The molecule has 4 heterocycles. The molecule has 7 nitrogen and oxygen atoms in total. The van der Waals surface area contributed by atoms with Crippen molar-refractivity contribution in [1.82, 2.24) is 35.5 Å². The van der Waals surface area contributed by atoms with Crippen LogP contribution in [-0.2, 0) is 0 Å². The number of halogens is 1. The number of H-pyrrole nitrogens is 2. The quantitative estimate of drug-likeness (QED) is 0.173. The summed E-state index contributed by atoms with van der Waals surface area (Å²) < 4.78 is 13.5. The van der Waals surface area contributed by atoms with Gasteiger partial charge in [-0.15, -0.1) is 0 Å². The third kappa shape index (κ3) is 5.33. The molecule has 0 unspecified atom stereocenters. The normalized spacial score (nSPS) is 15.0. The molecule has 0 spiro atoms. The van der Waals surface area contributed by atoms with Crippen LogP contribution >= 0.6 is 0 Å². The van der Waals surface area contributed by atoms with Gasteiger partial charge in [-0.25, -0.2) is 14.4 Å². The first-order valence-electron chi connectivity index (χ1n) is 14.0. The molecule has 0 radical (unpaired) electrons. The Balaban J connectivity index is 1.33. The van der Waals surface area contributed by atoms with Gasteiger partial charge in [0.05, 0.1) is 28.4 Å². The first-order valence-corrected chi connectivity index (χ1v) is 14.0. The predicted molar refractivity (Wildman–Crippen MR) is 163 cm³/mol. The van der Waals surface area contributed by atoms with Crippen molar-refractivity contribution in [2.75, 3.05) is 0 Å². The summed E-state index contributed by atoms with van der Waals surface area (Å²) in [6.07, 6.45) is 15.5. The Morgan fingerprint density at radius 1 is 1.00 bits per heavy atom. The highest BCUT2D eigenvalue weighted by Gasteiger charge is 2.19. The number of nitrogens with zero attached hydrogens (tertiary/aromatic N) is 4. The van der Waals surface area contributed by atoms with Crippen LogP contribution in [0.2, 0.25) is 0 Å². The Bertz CT molecular complexity index is 1800.